The maximum Gasteiger partial charge on any atom is 0.410 e. The second-order valence-electron chi connectivity index (χ2n) is 7.11. The number of carbonyl (C=O) groups excluding carboxylic acids is 2. The zero-order valence-corrected chi connectivity index (χ0v) is 16.3. The van der Waals surface area contributed by atoms with Crippen LogP contribution in [-0.4, -0.2) is 48.7 Å². The first-order valence-corrected chi connectivity index (χ1v) is 9.36. The largest absolute Gasteiger partial charge is 0.445 e. The Morgan fingerprint density at radius 2 is 1.75 bits per heavy atom. The van der Waals surface area contributed by atoms with Gasteiger partial charge in [0.1, 0.15) is 13.3 Å². The second kappa shape index (κ2) is 8.89. The molecule has 1 fully saturated rings. The van der Waals surface area contributed by atoms with E-state index in [2.05, 4.69) is 0 Å². The first-order chi connectivity index (χ1) is 13.5. The van der Waals surface area contributed by atoms with Crippen LogP contribution in [0.15, 0.2) is 60.7 Å². The van der Waals surface area contributed by atoms with Crippen LogP contribution < -0.4 is 0 Å². The number of nitrogens with zero attached hydrogens (tertiary/aromatic N) is 2. The van der Waals surface area contributed by atoms with Gasteiger partial charge in [0.2, 0.25) is 5.91 Å². The molecule has 28 heavy (non-hydrogen) atoms. The van der Waals surface area contributed by atoms with Crippen LogP contribution in [0.5, 0.6) is 0 Å². The number of rotatable bonds is 6. The molecule has 0 saturated carbocycles. The van der Waals surface area contributed by atoms with E-state index >= 15 is 0 Å². The molecule has 1 aliphatic heterocycles. The average molecular weight is 382 g/mol. The molecule has 1 aliphatic rings. The third-order valence-corrected chi connectivity index (χ3v) is 5.22. The smallest absolute Gasteiger partial charge is 0.410 e. The number of benzene rings is 2. The summed E-state index contributed by atoms with van der Waals surface area (Å²) >= 11 is 0. The zero-order chi connectivity index (χ0) is 20.0. The van der Waals surface area contributed by atoms with Gasteiger partial charge >= 0.3 is 6.09 Å². The molecule has 0 N–H and O–H groups in total. The molecule has 2 amide bonds. The van der Waals surface area contributed by atoms with Gasteiger partial charge in [0.25, 0.3) is 0 Å². The highest BCUT2D eigenvalue weighted by atomic mass is 16.6. The monoisotopic (exact) mass is 382 g/mol. The summed E-state index contributed by atoms with van der Waals surface area (Å²) in [5, 5.41) is 0. The van der Waals surface area contributed by atoms with Crippen LogP contribution in [-0.2, 0) is 26.4 Å². The Labute approximate surface area is 165 Å². The fourth-order valence-corrected chi connectivity index (χ4v) is 3.25. The Morgan fingerprint density at radius 3 is 2.36 bits per heavy atom. The van der Waals surface area contributed by atoms with E-state index in [1.165, 1.54) is 4.90 Å². The van der Waals surface area contributed by atoms with Crippen molar-refractivity contribution in [3.05, 3.63) is 71.8 Å². The molecular formula is C22H26N2O4. The maximum absolute atomic E-state index is 12.8. The zero-order valence-electron chi connectivity index (χ0n) is 16.3. The Kier molecular flexibility index (Phi) is 6.31. The minimum atomic E-state index is -0.839. The molecule has 0 radical (unpaired) electrons. The van der Waals surface area contributed by atoms with E-state index in [1.807, 2.05) is 67.6 Å². The van der Waals surface area contributed by atoms with Gasteiger partial charge in [-0.15, -0.1) is 0 Å². The lowest BCUT2D eigenvalue weighted by molar-refractivity contribution is -0.134. The summed E-state index contributed by atoms with van der Waals surface area (Å²) in [5.74, 6) is -0.0495. The van der Waals surface area contributed by atoms with Gasteiger partial charge in [-0.2, -0.15) is 0 Å². The summed E-state index contributed by atoms with van der Waals surface area (Å²) < 4.78 is 10.8. The number of hydrogen-bond acceptors (Lipinski definition) is 4. The fourth-order valence-electron chi connectivity index (χ4n) is 3.25. The molecule has 0 aromatic heterocycles. The maximum atomic E-state index is 12.8. The topological polar surface area (TPSA) is 59.1 Å². The van der Waals surface area contributed by atoms with Crippen molar-refractivity contribution in [1.82, 2.24) is 9.80 Å². The Morgan fingerprint density at radius 1 is 1.11 bits per heavy atom. The highest BCUT2D eigenvalue weighted by Crippen LogP contribution is 2.32. The van der Waals surface area contributed by atoms with Gasteiger partial charge < -0.3 is 19.3 Å². The SMILES string of the molecule is CN(C(=O)OCc1ccccc1)C(C)(CC(=O)N1CCOC1)c1ccccc1. The summed E-state index contributed by atoms with van der Waals surface area (Å²) in [5.41, 5.74) is 0.952. The molecule has 2 aromatic carbocycles. The predicted octanol–water partition coefficient (Wildman–Crippen LogP) is 3.38. The van der Waals surface area contributed by atoms with E-state index in [9.17, 15) is 9.59 Å². The van der Waals surface area contributed by atoms with E-state index in [-0.39, 0.29) is 18.9 Å². The fraction of sp³-hybridized carbons (Fsp3) is 0.364. The van der Waals surface area contributed by atoms with E-state index in [1.54, 1.807) is 11.9 Å². The first kappa shape index (κ1) is 19.9. The van der Waals surface area contributed by atoms with Gasteiger partial charge in [-0.3, -0.25) is 4.79 Å². The molecule has 148 valence electrons. The van der Waals surface area contributed by atoms with Gasteiger partial charge in [0.05, 0.1) is 18.6 Å². The van der Waals surface area contributed by atoms with Crippen molar-refractivity contribution >= 4 is 12.0 Å². The summed E-state index contributed by atoms with van der Waals surface area (Å²) in [6, 6.07) is 19.1. The third kappa shape index (κ3) is 4.51. The molecule has 1 saturated heterocycles. The molecule has 3 rings (SSSR count). The quantitative estimate of drug-likeness (QED) is 0.769. The molecule has 0 spiro atoms. The molecule has 1 heterocycles. The third-order valence-electron chi connectivity index (χ3n) is 5.22. The summed E-state index contributed by atoms with van der Waals surface area (Å²) in [7, 11) is 1.67. The molecule has 1 unspecified atom stereocenters. The highest BCUT2D eigenvalue weighted by molar-refractivity contribution is 5.79. The van der Waals surface area contributed by atoms with Crippen LogP contribution in [0.25, 0.3) is 0 Å². The lowest BCUT2D eigenvalue weighted by Gasteiger charge is -2.39. The summed E-state index contributed by atoms with van der Waals surface area (Å²) in [6.45, 7) is 3.49. The van der Waals surface area contributed by atoms with E-state index in [4.69, 9.17) is 9.47 Å². The second-order valence-corrected chi connectivity index (χ2v) is 7.11. The number of hydrogen-bond donors (Lipinski definition) is 0. The van der Waals surface area contributed by atoms with Gasteiger partial charge in [-0.1, -0.05) is 60.7 Å². The van der Waals surface area contributed by atoms with Gasteiger partial charge in [0, 0.05) is 13.6 Å². The molecule has 6 nitrogen and oxygen atoms in total. The van der Waals surface area contributed by atoms with Crippen molar-refractivity contribution in [3.63, 3.8) is 0 Å². The highest BCUT2D eigenvalue weighted by Gasteiger charge is 2.39. The lowest BCUT2D eigenvalue weighted by Crippen LogP contribution is -2.48. The van der Waals surface area contributed by atoms with Gasteiger partial charge in [-0.05, 0) is 18.1 Å². The van der Waals surface area contributed by atoms with Crippen LogP contribution in [0.4, 0.5) is 4.79 Å². The van der Waals surface area contributed by atoms with Gasteiger partial charge in [-0.25, -0.2) is 4.79 Å². The minimum Gasteiger partial charge on any atom is -0.445 e. The van der Waals surface area contributed by atoms with E-state index in [0.717, 1.165) is 11.1 Å². The number of carbonyl (C=O) groups is 2. The van der Waals surface area contributed by atoms with Crippen LogP contribution in [0.3, 0.4) is 0 Å². The van der Waals surface area contributed by atoms with Crippen LogP contribution in [0.1, 0.15) is 24.5 Å². The molecule has 0 bridgehead atoms. The first-order valence-electron chi connectivity index (χ1n) is 9.36. The minimum absolute atomic E-state index is 0.0495. The van der Waals surface area contributed by atoms with Crippen LogP contribution in [0.2, 0.25) is 0 Å². The molecule has 1 atom stereocenters. The van der Waals surface area contributed by atoms with Crippen molar-refractivity contribution < 1.29 is 19.1 Å². The molecule has 2 aromatic rings. The summed E-state index contributed by atoms with van der Waals surface area (Å²) in [4.78, 5) is 28.8. The lowest BCUT2D eigenvalue weighted by atomic mass is 9.86. The van der Waals surface area contributed by atoms with E-state index in [0.29, 0.717) is 19.9 Å². The standard InChI is InChI=1S/C22H26N2O4/c1-22(19-11-7-4-8-12-19,15-20(25)24-13-14-27-17-24)23(2)21(26)28-16-18-9-5-3-6-10-18/h3-12H,13-17H2,1-2H3. The van der Waals surface area contributed by atoms with Crippen molar-refractivity contribution in [2.45, 2.75) is 25.5 Å². The Bertz CT molecular complexity index is 791. The van der Waals surface area contributed by atoms with Gasteiger partial charge in [0.15, 0.2) is 0 Å². The molecule has 0 aliphatic carbocycles. The van der Waals surface area contributed by atoms with Crippen molar-refractivity contribution in [1.29, 1.82) is 0 Å². The van der Waals surface area contributed by atoms with Crippen LogP contribution in [0, 0.1) is 0 Å². The molecule has 6 heteroatoms. The molecular weight excluding hydrogens is 356 g/mol. The summed E-state index contributed by atoms with van der Waals surface area (Å²) in [6.07, 6.45) is -0.321. The van der Waals surface area contributed by atoms with Crippen molar-refractivity contribution in [2.75, 3.05) is 26.9 Å². The van der Waals surface area contributed by atoms with Crippen molar-refractivity contribution in [2.24, 2.45) is 0 Å². The van der Waals surface area contributed by atoms with Crippen LogP contribution >= 0.6 is 0 Å². The normalized spacial score (nSPS) is 15.7. The Hall–Kier alpha value is -2.86. The predicted molar refractivity (Wildman–Crippen MR) is 105 cm³/mol. The Balaban J connectivity index is 1.77. The number of amides is 2. The average Bonchev–Trinajstić information content (AvgIpc) is 3.28. The van der Waals surface area contributed by atoms with E-state index < -0.39 is 11.6 Å². The van der Waals surface area contributed by atoms with Crippen molar-refractivity contribution in [3.8, 4) is 0 Å². The number of ether oxygens (including phenoxy) is 2.